The molecule has 3 rings (SSSR count). The fraction of sp³-hybridized carbons (Fsp3) is 0.421. The molecule has 3 nitrogen and oxygen atoms in total. The Labute approximate surface area is 132 Å². The molecule has 1 aromatic carbocycles. The van der Waals surface area contributed by atoms with Gasteiger partial charge in [0, 0.05) is 6.04 Å². The topological polar surface area (TPSA) is 29.5 Å². The van der Waals surface area contributed by atoms with E-state index in [4.69, 9.17) is 4.74 Å². The molecule has 0 N–H and O–H groups in total. The molecule has 116 valence electrons. The number of amides is 1. The van der Waals surface area contributed by atoms with Crippen LogP contribution in [0.15, 0.2) is 54.1 Å². The average molecular weight is 297 g/mol. The van der Waals surface area contributed by atoms with Crippen LogP contribution in [0.2, 0.25) is 0 Å². The molecule has 1 aromatic rings. The van der Waals surface area contributed by atoms with Crippen molar-refractivity contribution in [2.24, 2.45) is 0 Å². The molecular formula is C19H23NO2. The van der Waals surface area contributed by atoms with Crippen molar-refractivity contribution >= 4 is 6.09 Å². The van der Waals surface area contributed by atoms with Gasteiger partial charge in [0.1, 0.15) is 6.61 Å². The Bertz CT molecular complexity index is 591. The molecule has 2 atom stereocenters. The number of carbonyl (C=O) groups excluding carboxylic acids is 1. The predicted octanol–water partition coefficient (Wildman–Crippen LogP) is 4.45. The van der Waals surface area contributed by atoms with E-state index in [0.717, 1.165) is 36.8 Å². The quantitative estimate of drug-likeness (QED) is 0.824. The molecule has 0 unspecified atom stereocenters. The van der Waals surface area contributed by atoms with E-state index < -0.39 is 0 Å². The Morgan fingerprint density at radius 3 is 2.77 bits per heavy atom. The highest BCUT2D eigenvalue weighted by atomic mass is 16.6. The Morgan fingerprint density at radius 2 is 2.05 bits per heavy atom. The van der Waals surface area contributed by atoms with Crippen molar-refractivity contribution in [3.05, 3.63) is 59.7 Å². The summed E-state index contributed by atoms with van der Waals surface area (Å²) in [7, 11) is 0. The van der Waals surface area contributed by atoms with Gasteiger partial charge in [0.15, 0.2) is 0 Å². The van der Waals surface area contributed by atoms with E-state index in [1.54, 1.807) is 0 Å². The van der Waals surface area contributed by atoms with Crippen molar-refractivity contribution < 1.29 is 9.53 Å². The third-order valence-corrected chi connectivity index (χ3v) is 4.63. The molecule has 1 saturated heterocycles. The molecule has 1 fully saturated rings. The summed E-state index contributed by atoms with van der Waals surface area (Å²) in [4.78, 5) is 14.6. The first-order chi connectivity index (χ1) is 10.7. The summed E-state index contributed by atoms with van der Waals surface area (Å²) in [5.41, 5.74) is 3.30. The fourth-order valence-corrected chi connectivity index (χ4v) is 3.57. The van der Waals surface area contributed by atoms with E-state index in [2.05, 4.69) is 12.7 Å². The van der Waals surface area contributed by atoms with Gasteiger partial charge in [-0.1, -0.05) is 48.6 Å². The first kappa shape index (κ1) is 14.9. The van der Waals surface area contributed by atoms with Gasteiger partial charge in [-0.25, -0.2) is 4.79 Å². The summed E-state index contributed by atoms with van der Waals surface area (Å²) in [5.74, 6) is 0. The SMILES string of the molecule is C=C(C)C1=CCC[C@@H]2CC[C@H]1N2C(=O)OCc1ccccc1. The minimum absolute atomic E-state index is 0.147. The van der Waals surface area contributed by atoms with Crippen LogP contribution >= 0.6 is 0 Å². The van der Waals surface area contributed by atoms with Crippen molar-refractivity contribution in [1.29, 1.82) is 0 Å². The summed E-state index contributed by atoms with van der Waals surface area (Å²) in [6.45, 7) is 6.44. The van der Waals surface area contributed by atoms with Crippen molar-refractivity contribution in [2.75, 3.05) is 0 Å². The van der Waals surface area contributed by atoms with Gasteiger partial charge in [-0.3, -0.25) is 4.90 Å². The van der Waals surface area contributed by atoms with Gasteiger partial charge >= 0.3 is 6.09 Å². The van der Waals surface area contributed by atoms with E-state index in [-0.39, 0.29) is 12.1 Å². The molecule has 2 aliphatic rings. The number of allylic oxidation sites excluding steroid dienone is 1. The molecule has 3 heteroatoms. The molecule has 0 aromatic heterocycles. The van der Waals surface area contributed by atoms with Crippen LogP contribution < -0.4 is 0 Å². The minimum Gasteiger partial charge on any atom is -0.445 e. The number of hydrogen-bond acceptors (Lipinski definition) is 2. The monoisotopic (exact) mass is 297 g/mol. The lowest BCUT2D eigenvalue weighted by molar-refractivity contribution is 0.0830. The highest BCUT2D eigenvalue weighted by Crippen LogP contribution is 2.37. The maximum Gasteiger partial charge on any atom is 0.410 e. The Kier molecular flexibility index (Phi) is 4.32. The van der Waals surface area contributed by atoms with Gasteiger partial charge < -0.3 is 4.74 Å². The van der Waals surface area contributed by atoms with E-state index >= 15 is 0 Å². The van der Waals surface area contributed by atoms with Crippen LogP contribution in [0, 0.1) is 0 Å². The number of rotatable bonds is 3. The summed E-state index contributed by atoms with van der Waals surface area (Å²) in [6.07, 6.45) is 6.19. The Balaban J connectivity index is 1.71. The Morgan fingerprint density at radius 1 is 1.27 bits per heavy atom. The number of hydrogen-bond donors (Lipinski definition) is 0. The summed E-state index contributed by atoms with van der Waals surface area (Å²) < 4.78 is 5.56. The third-order valence-electron chi connectivity index (χ3n) is 4.63. The van der Waals surface area contributed by atoms with Crippen LogP contribution in [0.4, 0.5) is 4.79 Å². The second kappa shape index (κ2) is 6.39. The zero-order valence-electron chi connectivity index (χ0n) is 13.1. The molecular weight excluding hydrogens is 274 g/mol. The number of fused-ring (bicyclic) bond motifs is 2. The lowest BCUT2D eigenvalue weighted by atomic mass is 9.95. The van der Waals surface area contributed by atoms with Crippen LogP contribution in [0.1, 0.15) is 38.2 Å². The Hall–Kier alpha value is -2.03. The molecule has 0 aliphatic carbocycles. The van der Waals surface area contributed by atoms with Crippen molar-refractivity contribution in [2.45, 2.75) is 51.3 Å². The van der Waals surface area contributed by atoms with Crippen molar-refractivity contribution in [3.8, 4) is 0 Å². The lowest BCUT2D eigenvalue weighted by Gasteiger charge is -2.29. The highest BCUT2D eigenvalue weighted by Gasteiger charge is 2.40. The summed E-state index contributed by atoms with van der Waals surface area (Å²) in [6, 6.07) is 10.3. The van der Waals surface area contributed by atoms with Gasteiger partial charge in [-0.15, -0.1) is 0 Å². The third kappa shape index (κ3) is 2.94. The largest absolute Gasteiger partial charge is 0.445 e. The average Bonchev–Trinajstić information content (AvgIpc) is 2.81. The van der Waals surface area contributed by atoms with Gasteiger partial charge in [-0.05, 0) is 43.7 Å². The molecule has 2 heterocycles. The number of ether oxygens (including phenoxy) is 1. The summed E-state index contributed by atoms with van der Waals surface area (Å²) >= 11 is 0. The normalized spacial score (nSPS) is 23.7. The van der Waals surface area contributed by atoms with Crippen molar-refractivity contribution in [1.82, 2.24) is 4.90 Å². The zero-order valence-corrected chi connectivity index (χ0v) is 13.1. The molecule has 2 bridgehead atoms. The predicted molar refractivity (Wildman–Crippen MR) is 87.4 cm³/mol. The molecule has 1 amide bonds. The van der Waals surface area contributed by atoms with Crippen LogP contribution in [0.25, 0.3) is 0 Å². The molecule has 0 radical (unpaired) electrons. The second-order valence-corrected chi connectivity index (χ2v) is 6.21. The van der Waals surface area contributed by atoms with E-state index in [1.165, 1.54) is 5.57 Å². The van der Waals surface area contributed by atoms with E-state index in [1.807, 2.05) is 42.2 Å². The first-order valence-electron chi connectivity index (χ1n) is 8.02. The number of carbonyl (C=O) groups is 1. The van der Waals surface area contributed by atoms with Crippen LogP contribution in [0.5, 0.6) is 0 Å². The van der Waals surface area contributed by atoms with E-state index in [0.29, 0.717) is 12.6 Å². The standard InChI is InChI=1S/C19H23NO2/c1-14(2)17-10-6-9-16-11-12-18(17)20(16)19(21)22-13-15-7-4-3-5-8-15/h3-5,7-8,10,16,18H,1,6,9,11-13H2,2H3/t16-,18-/m1/s1. The number of nitrogens with zero attached hydrogens (tertiary/aromatic N) is 1. The molecule has 0 saturated carbocycles. The summed E-state index contributed by atoms with van der Waals surface area (Å²) in [5, 5.41) is 0. The van der Waals surface area contributed by atoms with Crippen LogP contribution in [-0.2, 0) is 11.3 Å². The van der Waals surface area contributed by atoms with Crippen molar-refractivity contribution in [3.63, 3.8) is 0 Å². The van der Waals surface area contributed by atoms with E-state index in [9.17, 15) is 4.79 Å². The molecule has 22 heavy (non-hydrogen) atoms. The number of benzene rings is 1. The maximum atomic E-state index is 12.6. The second-order valence-electron chi connectivity index (χ2n) is 6.21. The molecule has 0 spiro atoms. The fourth-order valence-electron chi connectivity index (χ4n) is 3.57. The minimum atomic E-state index is -0.189. The smallest absolute Gasteiger partial charge is 0.410 e. The van der Waals surface area contributed by atoms with Gasteiger partial charge in [0.25, 0.3) is 0 Å². The first-order valence-corrected chi connectivity index (χ1v) is 8.02. The zero-order chi connectivity index (χ0) is 15.5. The van der Waals surface area contributed by atoms with Gasteiger partial charge in [0.05, 0.1) is 6.04 Å². The highest BCUT2D eigenvalue weighted by molar-refractivity contribution is 5.70. The lowest BCUT2D eigenvalue weighted by Crippen LogP contribution is -2.41. The van der Waals surface area contributed by atoms with Crippen LogP contribution in [0.3, 0.4) is 0 Å². The molecule has 2 aliphatic heterocycles. The maximum absolute atomic E-state index is 12.6. The van der Waals surface area contributed by atoms with Crippen LogP contribution in [-0.4, -0.2) is 23.1 Å². The van der Waals surface area contributed by atoms with Gasteiger partial charge in [-0.2, -0.15) is 0 Å². The van der Waals surface area contributed by atoms with Gasteiger partial charge in [0.2, 0.25) is 0 Å².